The number of thioether (sulfide) groups is 1. The lowest BCUT2D eigenvalue weighted by atomic mass is 10.1. The normalized spacial score (nSPS) is 20.2. The molecule has 0 aliphatic carbocycles. The van der Waals surface area contributed by atoms with E-state index in [0.29, 0.717) is 9.88 Å². The fraction of sp³-hybridized carbons (Fsp3) is 0.333. The molecule has 16 heavy (non-hydrogen) atoms. The molecule has 1 aliphatic rings. The van der Waals surface area contributed by atoms with Crippen LogP contribution in [0.2, 0.25) is 0 Å². The first-order chi connectivity index (χ1) is 7.59. The Kier molecular flexibility index (Phi) is 3.30. The largest absolute Gasteiger partial charge is 0.290 e. The predicted molar refractivity (Wildman–Crippen MR) is 71.9 cm³/mol. The van der Waals surface area contributed by atoms with Crippen molar-refractivity contribution in [3.05, 3.63) is 35.4 Å². The first-order valence-corrected chi connectivity index (χ1v) is 6.56. The molecule has 1 heterocycles. The van der Waals surface area contributed by atoms with Crippen molar-refractivity contribution in [3.63, 3.8) is 0 Å². The van der Waals surface area contributed by atoms with E-state index in [0.717, 1.165) is 11.3 Å². The third kappa shape index (κ3) is 2.13. The Morgan fingerprint density at radius 3 is 2.56 bits per heavy atom. The van der Waals surface area contributed by atoms with Crippen molar-refractivity contribution in [1.82, 2.24) is 4.90 Å². The van der Waals surface area contributed by atoms with Crippen molar-refractivity contribution in [1.29, 1.82) is 0 Å². The molecule has 0 bridgehead atoms. The van der Waals surface area contributed by atoms with Gasteiger partial charge in [0.2, 0.25) is 0 Å². The number of hydrogen-bond acceptors (Lipinski definition) is 3. The van der Waals surface area contributed by atoms with E-state index in [9.17, 15) is 4.79 Å². The molecular weight excluding hydrogens is 238 g/mol. The van der Waals surface area contributed by atoms with Crippen LogP contribution in [0.3, 0.4) is 0 Å². The summed E-state index contributed by atoms with van der Waals surface area (Å²) in [7, 11) is 0. The van der Waals surface area contributed by atoms with Crippen molar-refractivity contribution in [2.75, 3.05) is 5.75 Å². The Labute approximate surface area is 105 Å². The Morgan fingerprint density at radius 2 is 2.06 bits per heavy atom. The average molecular weight is 251 g/mol. The van der Waals surface area contributed by atoms with Crippen molar-refractivity contribution in [2.45, 2.75) is 19.9 Å². The summed E-state index contributed by atoms with van der Waals surface area (Å²) in [6.07, 6.45) is 0. The van der Waals surface area contributed by atoms with Crippen LogP contribution < -0.4 is 0 Å². The molecule has 1 unspecified atom stereocenters. The van der Waals surface area contributed by atoms with Crippen LogP contribution in [0.1, 0.15) is 22.8 Å². The van der Waals surface area contributed by atoms with Crippen molar-refractivity contribution in [2.24, 2.45) is 0 Å². The number of aryl methyl sites for hydroxylation is 1. The minimum Gasteiger partial charge on any atom is -0.290 e. The second kappa shape index (κ2) is 4.55. The van der Waals surface area contributed by atoms with E-state index >= 15 is 0 Å². The molecule has 0 spiro atoms. The van der Waals surface area contributed by atoms with E-state index in [1.54, 1.807) is 16.7 Å². The Bertz CT molecular complexity index is 427. The lowest BCUT2D eigenvalue weighted by molar-refractivity contribution is 0.0831. The molecule has 1 fully saturated rings. The molecule has 1 aromatic carbocycles. The first kappa shape index (κ1) is 11.6. The quantitative estimate of drug-likeness (QED) is 0.716. The second-order valence-corrected chi connectivity index (χ2v) is 5.62. The van der Waals surface area contributed by atoms with Gasteiger partial charge in [-0.2, -0.15) is 0 Å². The summed E-state index contributed by atoms with van der Waals surface area (Å²) in [5, 5.41) is 0. The van der Waals surface area contributed by atoms with Crippen LogP contribution in [-0.2, 0) is 0 Å². The molecule has 1 aliphatic heterocycles. The molecule has 0 aromatic heterocycles. The molecule has 4 heteroatoms. The van der Waals surface area contributed by atoms with Gasteiger partial charge in [-0.3, -0.25) is 9.69 Å². The van der Waals surface area contributed by atoms with E-state index in [2.05, 4.69) is 0 Å². The van der Waals surface area contributed by atoms with Crippen molar-refractivity contribution >= 4 is 34.2 Å². The topological polar surface area (TPSA) is 20.3 Å². The minimum atomic E-state index is 0.0162. The highest BCUT2D eigenvalue weighted by molar-refractivity contribution is 8.23. The molecule has 0 radical (unpaired) electrons. The van der Waals surface area contributed by atoms with Crippen LogP contribution in [0.4, 0.5) is 0 Å². The van der Waals surface area contributed by atoms with Gasteiger partial charge in [0.15, 0.2) is 0 Å². The van der Waals surface area contributed by atoms with E-state index in [1.165, 1.54) is 0 Å². The molecule has 2 nitrogen and oxygen atoms in total. The summed E-state index contributed by atoms with van der Waals surface area (Å²) >= 11 is 6.76. The van der Waals surface area contributed by atoms with Crippen LogP contribution >= 0.6 is 24.0 Å². The number of hydrogen-bond donors (Lipinski definition) is 0. The molecule has 0 saturated carbocycles. The third-order valence-corrected chi connectivity index (χ3v) is 4.25. The summed E-state index contributed by atoms with van der Waals surface area (Å²) in [6.45, 7) is 4.03. The van der Waals surface area contributed by atoms with Crippen molar-refractivity contribution in [3.8, 4) is 0 Å². The monoisotopic (exact) mass is 251 g/mol. The van der Waals surface area contributed by atoms with Gasteiger partial charge in [-0.15, -0.1) is 0 Å². The Balaban J connectivity index is 2.25. The van der Waals surface area contributed by atoms with Gasteiger partial charge in [0.1, 0.15) is 4.32 Å². The third-order valence-electron chi connectivity index (χ3n) is 2.60. The smallest absolute Gasteiger partial charge is 0.259 e. The predicted octanol–water partition coefficient (Wildman–Crippen LogP) is 2.86. The Morgan fingerprint density at radius 1 is 1.44 bits per heavy atom. The summed E-state index contributed by atoms with van der Waals surface area (Å²) in [5.41, 5.74) is 1.87. The number of carbonyl (C=O) groups is 1. The molecule has 1 amide bonds. The van der Waals surface area contributed by atoms with E-state index < -0.39 is 0 Å². The van der Waals surface area contributed by atoms with Gasteiger partial charge in [-0.05, 0) is 26.0 Å². The fourth-order valence-electron chi connectivity index (χ4n) is 1.63. The average Bonchev–Trinajstić information content (AvgIpc) is 2.59. The maximum absolute atomic E-state index is 12.2. The summed E-state index contributed by atoms with van der Waals surface area (Å²) in [4.78, 5) is 13.9. The standard InChI is InChI=1S/C12H13NOS2/c1-8-3-5-10(6-4-8)11(14)13-9(2)7-16-12(13)15/h3-6,9H,7H2,1-2H3. The van der Waals surface area contributed by atoms with Crippen LogP contribution in [0, 0.1) is 6.92 Å². The van der Waals surface area contributed by atoms with Crippen LogP contribution in [0.15, 0.2) is 24.3 Å². The van der Waals surface area contributed by atoms with E-state index in [1.807, 2.05) is 38.1 Å². The molecular formula is C12H13NOS2. The van der Waals surface area contributed by atoms with Crippen LogP contribution in [-0.4, -0.2) is 26.9 Å². The maximum Gasteiger partial charge on any atom is 0.259 e. The zero-order valence-electron chi connectivity index (χ0n) is 9.27. The summed E-state index contributed by atoms with van der Waals surface area (Å²) in [5.74, 6) is 0.915. The van der Waals surface area contributed by atoms with Gasteiger partial charge < -0.3 is 0 Å². The van der Waals surface area contributed by atoms with Gasteiger partial charge in [0, 0.05) is 17.4 Å². The summed E-state index contributed by atoms with van der Waals surface area (Å²) < 4.78 is 0.693. The number of benzene rings is 1. The highest BCUT2D eigenvalue weighted by atomic mass is 32.2. The number of carbonyl (C=O) groups excluding carboxylic acids is 1. The summed E-state index contributed by atoms with van der Waals surface area (Å²) in [6, 6.07) is 7.81. The van der Waals surface area contributed by atoms with Gasteiger partial charge in [-0.25, -0.2) is 0 Å². The molecule has 1 saturated heterocycles. The van der Waals surface area contributed by atoms with Crippen molar-refractivity contribution < 1.29 is 4.79 Å². The lowest BCUT2D eigenvalue weighted by Crippen LogP contribution is -2.36. The fourth-order valence-corrected chi connectivity index (χ4v) is 3.04. The molecule has 1 atom stereocenters. The second-order valence-electron chi connectivity index (χ2n) is 3.97. The van der Waals surface area contributed by atoms with Gasteiger partial charge in [0.05, 0.1) is 0 Å². The highest BCUT2D eigenvalue weighted by Crippen LogP contribution is 2.25. The number of rotatable bonds is 1. The molecule has 84 valence electrons. The number of nitrogens with zero attached hydrogens (tertiary/aromatic N) is 1. The van der Waals surface area contributed by atoms with Gasteiger partial charge in [-0.1, -0.05) is 41.7 Å². The van der Waals surface area contributed by atoms with E-state index in [-0.39, 0.29) is 11.9 Å². The molecule has 2 rings (SSSR count). The van der Waals surface area contributed by atoms with Gasteiger partial charge in [0.25, 0.3) is 5.91 Å². The SMILES string of the molecule is Cc1ccc(C(=O)N2C(=S)SCC2C)cc1. The van der Waals surface area contributed by atoms with Crippen LogP contribution in [0.5, 0.6) is 0 Å². The minimum absolute atomic E-state index is 0.0162. The first-order valence-electron chi connectivity index (χ1n) is 5.16. The zero-order valence-corrected chi connectivity index (χ0v) is 10.9. The number of amides is 1. The van der Waals surface area contributed by atoms with E-state index in [4.69, 9.17) is 12.2 Å². The maximum atomic E-state index is 12.2. The van der Waals surface area contributed by atoms with Crippen LogP contribution in [0.25, 0.3) is 0 Å². The highest BCUT2D eigenvalue weighted by Gasteiger charge is 2.31. The molecule has 0 N–H and O–H groups in total. The Hall–Kier alpha value is -0.870. The molecule has 1 aromatic rings. The lowest BCUT2D eigenvalue weighted by Gasteiger charge is -2.20. The zero-order chi connectivity index (χ0) is 11.7. The number of thiocarbonyl (C=S) groups is 1. The van der Waals surface area contributed by atoms with Gasteiger partial charge >= 0.3 is 0 Å².